The first-order chi connectivity index (χ1) is 11.2. The molecule has 3 rings (SSSR count). The lowest BCUT2D eigenvalue weighted by molar-refractivity contribution is 0.571. The molecule has 0 aliphatic heterocycles. The van der Waals surface area contributed by atoms with E-state index < -0.39 is 0 Å². The SMILES string of the molecule is CN=C(NCCc1coc(-c2ccc(F)cc2)n1)NCC1CC1. The van der Waals surface area contributed by atoms with Crippen LogP contribution in [-0.4, -0.2) is 31.1 Å². The monoisotopic (exact) mass is 316 g/mol. The summed E-state index contributed by atoms with van der Waals surface area (Å²) in [6, 6.07) is 6.12. The van der Waals surface area contributed by atoms with Crippen molar-refractivity contribution in [1.82, 2.24) is 15.6 Å². The molecule has 1 saturated carbocycles. The van der Waals surface area contributed by atoms with Gasteiger partial charge in [-0.1, -0.05) is 0 Å². The zero-order valence-electron chi connectivity index (χ0n) is 13.2. The molecular weight excluding hydrogens is 295 g/mol. The van der Waals surface area contributed by atoms with Gasteiger partial charge in [-0.2, -0.15) is 0 Å². The highest BCUT2D eigenvalue weighted by atomic mass is 19.1. The smallest absolute Gasteiger partial charge is 0.226 e. The lowest BCUT2D eigenvalue weighted by atomic mass is 10.2. The molecule has 1 heterocycles. The summed E-state index contributed by atoms with van der Waals surface area (Å²) in [6.45, 7) is 1.71. The lowest BCUT2D eigenvalue weighted by Gasteiger charge is -2.10. The Labute approximate surface area is 135 Å². The van der Waals surface area contributed by atoms with Gasteiger partial charge in [-0.3, -0.25) is 4.99 Å². The summed E-state index contributed by atoms with van der Waals surface area (Å²) in [6.07, 6.45) is 5.00. The Hall–Kier alpha value is -2.37. The highest BCUT2D eigenvalue weighted by Gasteiger charge is 2.21. The van der Waals surface area contributed by atoms with E-state index in [1.807, 2.05) is 0 Å². The Morgan fingerprint density at radius 3 is 2.78 bits per heavy atom. The van der Waals surface area contributed by atoms with Gasteiger partial charge in [0.25, 0.3) is 0 Å². The van der Waals surface area contributed by atoms with Crippen LogP contribution >= 0.6 is 0 Å². The van der Waals surface area contributed by atoms with E-state index in [4.69, 9.17) is 4.42 Å². The summed E-state index contributed by atoms with van der Waals surface area (Å²) in [5.74, 6) is 1.87. The van der Waals surface area contributed by atoms with Crippen LogP contribution in [0.15, 0.2) is 39.9 Å². The minimum absolute atomic E-state index is 0.269. The molecule has 1 fully saturated rings. The maximum Gasteiger partial charge on any atom is 0.226 e. The van der Waals surface area contributed by atoms with Crippen molar-refractivity contribution in [2.45, 2.75) is 19.3 Å². The number of hydrogen-bond donors (Lipinski definition) is 2. The highest BCUT2D eigenvalue weighted by Crippen LogP contribution is 2.27. The number of guanidine groups is 1. The molecular formula is C17H21FN4O. The molecule has 0 unspecified atom stereocenters. The number of hydrogen-bond acceptors (Lipinski definition) is 3. The van der Waals surface area contributed by atoms with E-state index >= 15 is 0 Å². The summed E-state index contributed by atoms with van der Waals surface area (Å²) in [5.41, 5.74) is 1.63. The molecule has 2 N–H and O–H groups in total. The average molecular weight is 316 g/mol. The first kappa shape index (κ1) is 15.5. The fourth-order valence-electron chi connectivity index (χ4n) is 2.24. The van der Waals surface area contributed by atoms with Gasteiger partial charge in [0.05, 0.1) is 5.69 Å². The molecule has 5 nitrogen and oxygen atoms in total. The number of aliphatic imine (C=N–C) groups is 1. The van der Waals surface area contributed by atoms with Gasteiger partial charge in [-0.05, 0) is 43.0 Å². The van der Waals surface area contributed by atoms with Crippen LogP contribution in [0.3, 0.4) is 0 Å². The van der Waals surface area contributed by atoms with E-state index in [-0.39, 0.29) is 5.82 Å². The molecule has 0 bridgehead atoms. The topological polar surface area (TPSA) is 62.5 Å². The standard InChI is InChI=1S/C17H21FN4O/c1-19-17(21-10-12-2-3-12)20-9-8-15-11-23-16(22-15)13-4-6-14(18)7-5-13/h4-7,11-12H,2-3,8-10H2,1H3,(H2,19,20,21). The fourth-order valence-corrected chi connectivity index (χ4v) is 2.24. The fraction of sp³-hybridized carbons (Fsp3) is 0.412. The number of rotatable bonds is 6. The van der Waals surface area contributed by atoms with Crippen LogP contribution in [0.2, 0.25) is 0 Å². The van der Waals surface area contributed by atoms with Gasteiger partial charge in [-0.15, -0.1) is 0 Å². The first-order valence-corrected chi connectivity index (χ1v) is 7.89. The molecule has 0 spiro atoms. The van der Waals surface area contributed by atoms with Gasteiger partial charge in [0.1, 0.15) is 12.1 Å². The second-order valence-corrected chi connectivity index (χ2v) is 5.72. The molecule has 0 atom stereocenters. The average Bonchev–Trinajstić information content (AvgIpc) is 3.28. The van der Waals surface area contributed by atoms with Gasteiger partial charge in [0, 0.05) is 32.1 Å². The Morgan fingerprint density at radius 2 is 2.09 bits per heavy atom. The summed E-state index contributed by atoms with van der Waals surface area (Å²) < 4.78 is 18.4. The molecule has 122 valence electrons. The van der Waals surface area contributed by atoms with Crippen molar-refractivity contribution in [2.24, 2.45) is 10.9 Å². The summed E-state index contributed by atoms with van der Waals surface area (Å²) in [4.78, 5) is 8.62. The van der Waals surface area contributed by atoms with Crippen LogP contribution in [0, 0.1) is 11.7 Å². The van der Waals surface area contributed by atoms with Crippen LogP contribution in [-0.2, 0) is 6.42 Å². The van der Waals surface area contributed by atoms with E-state index in [9.17, 15) is 4.39 Å². The minimum atomic E-state index is -0.269. The number of benzene rings is 1. The largest absolute Gasteiger partial charge is 0.444 e. The highest BCUT2D eigenvalue weighted by molar-refractivity contribution is 5.79. The van der Waals surface area contributed by atoms with Crippen molar-refractivity contribution in [3.63, 3.8) is 0 Å². The third-order valence-electron chi connectivity index (χ3n) is 3.80. The third kappa shape index (κ3) is 4.55. The van der Waals surface area contributed by atoms with Gasteiger partial charge in [-0.25, -0.2) is 9.37 Å². The van der Waals surface area contributed by atoms with Gasteiger partial charge < -0.3 is 15.1 Å². The molecule has 1 aromatic carbocycles. The Morgan fingerprint density at radius 1 is 1.30 bits per heavy atom. The van der Waals surface area contributed by atoms with E-state index in [1.165, 1.54) is 25.0 Å². The van der Waals surface area contributed by atoms with Gasteiger partial charge in [0.2, 0.25) is 5.89 Å². The summed E-state index contributed by atoms with van der Waals surface area (Å²) in [5, 5.41) is 6.58. The molecule has 6 heteroatoms. The number of aromatic nitrogens is 1. The van der Waals surface area contributed by atoms with Crippen LogP contribution in [0.1, 0.15) is 18.5 Å². The number of nitrogens with one attached hydrogen (secondary N) is 2. The zero-order valence-corrected chi connectivity index (χ0v) is 13.2. The molecule has 1 aliphatic rings. The third-order valence-corrected chi connectivity index (χ3v) is 3.80. The van der Waals surface area contributed by atoms with Crippen molar-refractivity contribution < 1.29 is 8.81 Å². The molecule has 0 amide bonds. The van der Waals surface area contributed by atoms with Gasteiger partial charge >= 0.3 is 0 Å². The second kappa shape index (κ2) is 7.26. The predicted molar refractivity (Wildman–Crippen MR) is 87.7 cm³/mol. The normalized spacial score (nSPS) is 14.8. The van der Waals surface area contributed by atoms with Crippen LogP contribution in [0.4, 0.5) is 4.39 Å². The second-order valence-electron chi connectivity index (χ2n) is 5.72. The van der Waals surface area contributed by atoms with E-state index in [2.05, 4.69) is 20.6 Å². The molecule has 1 aliphatic carbocycles. The number of halogens is 1. The van der Waals surface area contributed by atoms with Crippen molar-refractivity contribution in [1.29, 1.82) is 0 Å². The van der Waals surface area contributed by atoms with Gasteiger partial charge in [0.15, 0.2) is 5.96 Å². The molecule has 0 saturated heterocycles. The number of nitrogens with zero attached hydrogens (tertiary/aromatic N) is 2. The molecule has 2 aromatic rings. The molecule has 1 aromatic heterocycles. The van der Waals surface area contributed by atoms with E-state index in [0.29, 0.717) is 5.89 Å². The Balaban J connectivity index is 1.47. The van der Waals surface area contributed by atoms with Crippen molar-refractivity contribution >= 4 is 5.96 Å². The van der Waals surface area contributed by atoms with E-state index in [0.717, 1.165) is 42.6 Å². The Bertz CT molecular complexity index is 661. The van der Waals surface area contributed by atoms with Crippen molar-refractivity contribution in [3.8, 4) is 11.5 Å². The van der Waals surface area contributed by atoms with E-state index in [1.54, 1.807) is 25.4 Å². The minimum Gasteiger partial charge on any atom is -0.444 e. The van der Waals surface area contributed by atoms with Crippen LogP contribution in [0.25, 0.3) is 11.5 Å². The van der Waals surface area contributed by atoms with Crippen LogP contribution in [0.5, 0.6) is 0 Å². The maximum absolute atomic E-state index is 12.9. The Kier molecular flexibility index (Phi) is 4.90. The quantitative estimate of drug-likeness (QED) is 0.635. The zero-order chi connectivity index (χ0) is 16.1. The number of oxazole rings is 1. The maximum atomic E-state index is 12.9. The molecule has 0 radical (unpaired) electrons. The predicted octanol–water partition coefficient (Wildman–Crippen LogP) is 2.60. The summed E-state index contributed by atoms with van der Waals surface area (Å²) >= 11 is 0. The van der Waals surface area contributed by atoms with Crippen molar-refractivity contribution in [2.75, 3.05) is 20.1 Å². The van der Waals surface area contributed by atoms with Crippen LogP contribution < -0.4 is 10.6 Å². The summed E-state index contributed by atoms with van der Waals surface area (Å²) in [7, 11) is 1.77. The first-order valence-electron chi connectivity index (χ1n) is 7.89. The van der Waals surface area contributed by atoms with Crippen molar-refractivity contribution in [3.05, 3.63) is 42.0 Å². The lowest BCUT2D eigenvalue weighted by Crippen LogP contribution is -2.39. The molecule has 23 heavy (non-hydrogen) atoms.